The molecule has 102 valence electrons. The highest BCUT2D eigenvalue weighted by atomic mass is 16.5. The van der Waals surface area contributed by atoms with Crippen LogP contribution in [-0.4, -0.2) is 24.8 Å². The van der Waals surface area contributed by atoms with Crippen LogP contribution >= 0.6 is 0 Å². The lowest BCUT2D eigenvalue weighted by Crippen LogP contribution is -2.24. The molecule has 4 nitrogen and oxygen atoms in total. The van der Waals surface area contributed by atoms with Gasteiger partial charge in [-0.25, -0.2) is 0 Å². The molecule has 1 atom stereocenters. The molecule has 1 saturated carbocycles. The smallest absolute Gasteiger partial charge is 0.311 e. The third-order valence-corrected chi connectivity index (χ3v) is 4.26. The summed E-state index contributed by atoms with van der Waals surface area (Å²) in [7, 11) is 1.59. The van der Waals surface area contributed by atoms with E-state index in [1.165, 1.54) is 6.42 Å². The molecular weight excluding hydrogens is 244 g/mol. The summed E-state index contributed by atoms with van der Waals surface area (Å²) in [5.74, 6) is 0.547. The normalized spacial score (nSPS) is 22.1. The van der Waals surface area contributed by atoms with E-state index in [4.69, 9.17) is 9.47 Å². The quantitative estimate of drug-likeness (QED) is 0.910. The van der Waals surface area contributed by atoms with Gasteiger partial charge in [-0.3, -0.25) is 4.79 Å². The molecule has 0 radical (unpaired) electrons. The van der Waals surface area contributed by atoms with E-state index in [1.807, 2.05) is 12.1 Å². The van der Waals surface area contributed by atoms with Gasteiger partial charge in [0.05, 0.1) is 19.6 Å². The van der Waals surface area contributed by atoms with E-state index in [-0.39, 0.29) is 0 Å². The van der Waals surface area contributed by atoms with Crippen molar-refractivity contribution in [3.05, 3.63) is 23.3 Å². The van der Waals surface area contributed by atoms with E-state index >= 15 is 0 Å². The molecule has 3 rings (SSSR count). The van der Waals surface area contributed by atoms with Gasteiger partial charge in [-0.2, -0.15) is 0 Å². The maximum atomic E-state index is 11.5. The summed E-state index contributed by atoms with van der Waals surface area (Å²) < 4.78 is 11.0. The second kappa shape index (κ2) is 4.76. The minimum Gasteiger partial charge on any atom is -0.493 e. The van der Waals surface area contributed by atoms with Crippen LogP contribution < -0.4 is 9.47 Å². The molecule has 0 spiro atoms. The Morgan fingerprint density at radius 1 is 1.37 bits per heavy atom. The molecule has 1 N–H and O–H groups in total. The first-order valence-electron chi connectivity index (χ1n) is 6.78. The third kappa shape index (κ3) is 1.95. The highest BCUT2D eigenvalue weighted by Crippen LogP contribution is 2.48. The van der Waals surface area contributed by atoms with Crippen molar-refractivity contribution in [2.45, 2.75) is 37.5 Å². The van der Waals surface area contributed by atoms with Crippen LogP contribution in [0.15, 0.2) is 12.1 Å². The van der Waals surface area contributed by atoms with Crippen molar-refractivity contribution in [1.82, 2.24) is 0 Å². The first-order valence-corrected chi connectivity index (χ1v) is 6.78. The van der Waals surface area contributed by atoms with Gasteiger partial charge in [0.15, 0.2) is 11.5 Å². The zero-order valence-corrected chi connectivity index (χ0v) is 11.0. The zero-order chi connectivity index (χ0) is 13.4. The van der Waals surface area contributed by atoms with E-state index in [0.29, 0.717) is 30.4 Å². The van der Waals surface area contributed by atoms with Gasteiger partial charge in [-0.15, -0.1) is 0 Å². The molecule has 1 unspecified atom stereocenters. The van der Waals surface area contributed by atoms with Gasteiger partial charge < -0.3 is 14.6 Å². The summed E-state index contributed by atoms with van der Waals surface area (Å²) in [6.07, 6.45) is 4.05. The van der Waals surface area contributed by atoms with Gasteiger partial charge in [0.1, 0.15) is 0 Å². The van der Waals surface area contributed by atoms with Crippen molar-refractivity contribution >= 4 is 5.97 Å². The van der Waals surface area contributed by atoms with E-state index in [9.17, 15) is 9.90 Å². The predicted octanol–water partition coefficient (Wildman–Crippen LogP) is 2.91. The van der Waals surface area contributed by atoms with Crippen LogP contribution in [0.3, 0.4) is 0 Å². The zero-order valence-electron chi connectivity index (χ0n) is 11.0. The van der Waals surface area contributed by atoms with E-state index < -0.39 is 11.9 Å². The number of hydrogen-bond donors (Lipinski definition) is 1. The number of ether oxygens (including phenoxy) is 2. The van der Waals surface area contributed by atoms with Crippen LogP contribution in [-0.2, 0) is 4.79 Å². The maximum absolute atomic E-state index is 11.5. The third-order valence-electron chi connectivity index (χ3n) is 4.26. The number of hydrogen-bond acceptors (Lipinski definition) is 3. The predicted molar refractivity (Wildman–Crippen MR) is 70.1 cm³/mol. The van der Waals surface area contributed by atoms with E-state index in [1.54, 1.807) is 7.11 Å². The van der Waals surface area contributed by atoms with E-state index in [2.05, 4.69) is 0 Å². The van der Waals surface area contributed by atoms with Crippen LogP contribution in [0.2, 0.25) is 0 Å². The molecule has 1 aliphatic heterocycles. The summed E-state index contributed by atoms with van der Waals surface area (Å²) in [6.45, 7) is 0.439. The monoisotopic (exact) mass is 262 g/mol. The Labute approximate surface area is 112 Å². The largest absolute Gasteiger partial charge is 0.493 e. The molecule has 4 heteroatoms. The number of carboxylic acid groups (broad SMARTS) is 1. The Morgan fingerprint density at radius 3 is 2.74 bits per heavy atom. The first-order chi connectivity index (χ1) is 9.22. The molecule has 2 aliphatic rings. The van der Waals surface area contributed by atoms with Gasteiger partial charge in [-0.1, -0.05) is 12.5 Å². The molecule has 0 saturated heterocycles. The molecule has 1 fully saturated rings. The van der Waals surface area contributed by atoms with E-state index in [0.717, 1.165) is 24.0 Å². The van der Waals surface area contributed by atoms with Crippen LogP contribution in [0.5, 0.6) is 11.5 Å². The Balaban J connectivity index is 2.13. The lowest BCUT2D eigenvalue weighted by molar-refractivity contribution is -0.139. The molecule has 0 amide bonds. The van der Waals surface area contributed by atoms with Gasteiger partial charge in [0, 0.05) is 5.56 Å². The van der Waals surface area contributed by atoms with Gasteiger partial charge in [0.2, 0.25) is 0 Å². The highest BCUT2D eigenvalue weighted by Gasteiger charge is 2.35. The van der Waals surface area contributed by atoms with Gasteiger partial charge in [-0.05, 0) is 36.8 Å². The van der Waals surface area contributed by atoms with Crippen LogP contribution in [0, 0.1) is 0 Å². The Kier molecular flexibility index (Phi) is 3.09. The Morgan fingerprint density at radius 2 is 2.16 bits per heavy atom. The fourth-order valence-corrected chi connectivity index (χ4v) is 3.01. The molecule has 1 heterocycles. The standard InChI is InChI=1S/C15H18O4/c1-18-12-6-5-10(9-3-2-4-9)13-11(15(16)17)7-8-19-14(12)13/h5-6,9,11H,2-4,7-8H2,1H3,(H,16,17). The maximum Gasteiger partial charge on any atom is 0.311 e. The SMILES string of the molecule is COc1ccc(C2CCC2)c2c1OCCC2C(=O)O. The molecular formula is C15H18O4. The molecule has 1 aliphatic carbocycles. The fraction of sp³-hybridized carbons (Fsp3) is 0.533. The summed E-state index contributed by atoms with van der Waals surface area (Å²) in [4.78, 5) is 11.5. The van der Waals surface area contributed by atoms with Crippen molar-refractivity contribution in [2.75, 3.05) is 13.7 Å². The number of aliphatic carboxylic acids is 1. The number of carbonyl (C=O) groups is 1. The number of fused-ring (bicyclic) bond motifs is 1. The van der Waals surface area contributed by atoms with Crippen molar-refractivity contribution in [2.24, 2.45) is 0 Å². The van der Waals surface area contributed by atoms with Crippen molar-refractivity contribution < 1.29 is 19.4 Å². The average molecular weight is 262 g/mol. The molecule has 0 aromatic heterocycles. The lowest BCUT2D eigenvalue weighted by atomic mass is 9.75. The molecule has 1 aromatic carbocycles. The summed E-state index contributed by atoms with van der Waals surface area (Å²) in [5, 5.41) is 9.45. The summed E-state index contributed by atoms with van der Waals surface area (Å²) in [6, 6.07) is 3.92. The summed E-state index contributed by atoms with van der Waals surface area (Å²) in [5.41, 5.74) is 2.00. The van der Waals surface area contributed by atoms with Gasteiger partial charge in [0.25, 0.3) is 0 Å². The first kappa shape index (κ1) is 12.3. The molecule has 1 aromatic rings. The second-order valence-corrected chi connectivity index (χ2v) is 5.26. The number of rotatable bonds is 3. The van der Waals surface area contributed by atoms with Gasteiger partial charge >= 0.3 is 5.97 Å². The lowest BCUT2D eigenvalue weighted by Gasteiger charge is -2.33. The fourth-order valence-electron chi connectivity index (χ4n) is 3.01. The number of benzene rings is 1. The number of carboxylic acids is 1. The van der Waals surface area contributed by atoms with Crippen LogP contribution in [0.4, 0.5) is 0 Å². The average Bonchev–Trinajstić information content (AvgIpc) is 2.36. The molecule has 0 bridgehead atoms. The van der Waals surface area contributed by atoms with Crippen molar-refractivity contribution in [1.29, 1.82) is 0 Å². The Hall–Kier alpha value is -1.71. The minimum absolute atomic E-state index is 0.439. The number of methoxy groups -OCH3 is 1. The highest BCUT2D eigenvalue weighted by molar-refractivity contribution is 5.79. The summed E-state index contributed by atoms with van der Waals surface area (Å²) >= 11 is 0. The van der Waals surface area contributed by atoms with Crippen molar-refractivity contribution in [3.8, 4) is 11.5 Å². The van der Waals surface area contributed by atoms with Crippen molar-refractivity contribution in [3.63, 3.8) is 0 Å². The Bertz CT molecular complexity index is 505. The molecule has 19 heavy (non-hydrogen) atoms. The topological polar surface area (TPSA) is 55.8 Å². The second-order valence-electron chi connectivity index (χ2n) is 5.26. The van der Waals surface area contributed by atoms with Crippen LogP contribution in [0.1, 0.15) is 48.6 Å². The minimum atomic E-state index is -0.765. The van der Waals surface area contributed by atoms with Crippen LogP contribution in [0.25, 0.3) is 0 Å².